The predicted molar refractivity (Wildman–Crippen MR) is 60.6 cm³/mol. The summed E-state index contributed by atoms with van der Waals surface area (Å²) in [5.41, 5.74) is 12.6. The lowest BCUT2D eigenvalue weighted by Gasteiger charge is -2.33. The van der Waals surface area contributed by atoms with Gasteiger partial charge in [0.1, 0.15) is 0 Å². The van der Waals surface area contributed by atoms with Crippen molar-refractivity contribution < 1.29 is 10.0 Å². The largest absolute Gasteiger partial charge is 0.478 e. The van der Waals surface area contributed by atoms with Crippen LogP contribution in [0.2, 0.25) is 0 Å². The van der Waals surface area contributed by atoms with Crippen molar-refractivity contribution in [3.05, 3.63) is 35.4 Å². The van der Waals surface area contributed by atoms with Gasteiger partial charge in [0.25, 0.3) is 0 Å². The monoisotopic (exact) mass is 204 g/mol. The van der Waals surface area contributed by atoms with Crippen LogP contribution in [0.1, 0.15) is 17.5 Å². The van der Waals surface area contributed by atoms with Gasteiger partial charge >= 0.3 is 7.12 Å². The number of nitrogens with two attached hydrogens (primary N) is 2. The van der Waals surface area contributed by atoms with Gasteiger partial charge < -0.3 is 21.5 Å². The van der Waals surface area contributed by atoms with Crippen LogP contribution in [0.25, 0.3) is 6.08 Å². The molecule has 2 rings (SSSR count). The van der Waals surface area contributed by atoms with E-state index in [1.54, 1.807) is 6.07 Å². The fourth-order valence-electron chi connectivity index (χ4n) is 1.98. The van der Waals surface area contributed by atoms with Crippen molar-refractivity contribution >= 4 is 18.9 Å². The zero-order valence-electron chi connectivity index (χ0n) is 8.22. The maximum Gasteiger partial charge on any atom is 0.478 e. The molecule has 4 nitrogen and oxygen atoms in total. The third kappa shape index (κ3) is 1.45. The average molecular weight is 204 g/mol. The second kappa shape index (κ2) is 3.38. The number of fused-ring (bicyclic) bond motifs is 1. The summed E-state index contributed by atoms with van der Waals surface area (Å²) < 4.78 is 0. The van der Waals surface area contributed by atoms with E-state index in [-0.39, 0.29) is 0 Å². The van der Waals surface area contributed by atoms with Crippen LogP contribution in [-0.2, 0) is 5.44 Å². The van der Waals surface area contributed by atoms with E-state index in [9.17, 15) is 10.0 Å². The highest BCUT2D eigenvalue weighted by Crippen LogP contribution is 2.36. The number of hydrogen-bond donors (Lipinski definition) is 4. The summed E-state index contributed by atoms with van der Waals surface area (Å²) in [7, 11) is -1.62. The molecule has 0 bridgehead atoms. The third-order valence-electron chi connectivity index (χ3n) is 2.81. The molecule has 0 spiro atoms. The van der Waals surface area contributed by atoms with E-state index < -0.39 is 12.6 Å². The number of hydrogen-bond acceptors (Lipinski definition) is 4. The number of nitrogen functional groups attached to an aromatic ring is 1. The van der Waals surface area contributed by atoms with E-state index in [2.05, 4.69) is 0 Å². The molecule has 1 aliphatic carbocycles. The molecule has 0 saturated carbocycles. The minimum atomic E-state index is -1.62. The maximum absolute atomic E-state index is 9.35. The first-order valence-electron chi connectivity index (χ1n) is 4.76. The van der Waals surface area contributed by atoms with Gasteiger partial charge in [-0.05, 0) is 18.1 Å². The first kappa shape index (κ1) is 10.2. The summed E-state index contributed by atoms with van der Waals surface area (Å²) in [6.45, 7) is 0. The summed E-state index contributed by atoms with van der Waals surface area (Å²) in [5.74, 6) is 0. The smallest absolute Gasteiger partial charge is 0.426 e. The zero-order valence-corrected chi connectivity index (χ0v) is 8.22. The Hall–Kier alpha value is -1.30. The second-order valence-electron chi connectivity index (χ2n) is 3.83. The van der Waals surface area contributed by atoms with Crippen molar-refractivity contribution in [1.82, 2.24) is 0 Å². The summed E-state index contributed by atoms with van der Waals surface area (Å²) in [5, 5.41) is 18.7. The molecule has 0 saturated heterocycles. The Kier molecular flexibility index (Phi) is 2.30. The molecule has 0 aliphatic heterocycles. The number of anilines is 1. The first-order chi connectivity index (χ1) is 7.05. The normalized spacial score (nSPS) is 23.7. The lowest BCUT2D eigenvalue weighted by atomic mass is 9.57. The topological polar surface area (TPSA) is 92.5 Å². The van der Waals surface area contributed by atoms with Crippen molar-refractivity contribution in [2.45, 2.75) is 11.9 Å². The van der Waals surface area contributed by atoms with Crippen LogP contribution in [0, 0.1) is 0 Å². The summed E-state index contributed by atoms with van der Waals surface area (Å²) in [6, 6.07) is 5.38. The molecule has 0 amide bonds. The Bertz CT molecular complexity index is 420. The summed E-state index contributed by atoms with van der Waals surface area (Å²) >= 11 is 0. The van der Waals surface area contributed by atoms with Gasteiger partial charge in [-0.25, -0.2) is 0 Å². The van der Waals surface area contributed by atoms with Crippen molar-refractivity contribution in [1.29, 1.82) is 0 Å². The minimum absolute atomic E-state index is 0.367. The zero-order chi connectivity index (χ0) is 11.1. The maximum atomic E-state index is 9.35. The fourth-order valence-corrected chi connectivity index (χ4v) is 1.98. The standard InChI is InChI=1S/C10H13BN2O2/c12-8-5-1-3-7-4-2-6-10(13,9(7)8)11(14)15/h1-5,14-15H,6,12-13H2. The Morgan fingerprint density at radius 3 is 2.73 bits per heavy atom. The molecule has 15 heavy (non-hydrogen) atoms. The molecule has 6 N–H and O–H groups in total. The molecule has 0 heterocycles. The molecule has 0 radical (unpaired) electrons. The molecule has 0 fully saturated rings. The molecule has 1 aromatic rings. The van der Waals surface area contributed by atoms with Gasteiger partial charge in [0.2, 0.25) is 0 Å². The van der Waals surface area contributed by atoms with E-state index >= 15 is 0 Å². The Morgan fingerprint density at radius 1 is 1.33 bits per heavy atom. The van der Waals surface area contributed by atoms with Crippen molar-refractivity contribution in [2.24, 2.45) is 5.73 Å². The second-order valence-corrected chi connectivity index (χ2v) is 3.83. The van der Waals surface area contributed by atoms with Crippen LogP contribution in [0.3, 0.4) is 0 Å². The molecule has 0 aromatic heterocycles. The van der Waals surface area contributed by atoms with E-state index in [1.807, 2.05) is 24.3 Å². The first-order valence-corrected chi connectivity index (χ1v) is 4.76. The molecule has 1 atom stereocenters. The summed E-state index contributed by atoms with van der Waals surface area (Å²) in [4.78, 5) is 0. The van der Waals surface area contributed by atoms with Gasteiger partial charge in [0, 0.05) is 11.3 Å². The molecule has 1 aromatic carbocycles. The van der Waals surface area contributed by atoms with Crippen molar-refractivity contribution in [3.8, 4) is 0 Å². The van der Waals surface area contributed by atoms with Gasteiger partial charge in [-0.3, -0.25) is 0 Å². The van der Waals surface area contributed by atoms with Crippen molar-refractivity contribution in [2.75, 3.05) is 5.73 Å². The molecule has 78 valence electrons. The Morgan fingerprint density at radius 2 is 2.07 bits per heavy atom. The molecular weight excluding hydrogens is 191 g/mol. The summed E-state index contributed by atoms with van der Waals surface area (Å²) in [6.07, 6.45) is 4.08. The van der Waals surface area contributed by atoms with Gasteiger partial charge in [0.15, 0.2) is 0 Å². The van der Waals surface area contributed by atoms with Gasteiger partial charge in [-0.15, -0.1) is 0 Å². The van der Waals surface area contributed by atoms with E-state index in [1.165, 1.54) is 0 Å². The molecular formula is C10H13BN2O2. The molecule has 5 heteroatoms. The van der Waals surface area contributed by atoms with E-state index in [4.69, 9.17) is 11.5 Å². The van der Waals surface area contributed by atoms with Gasteiger partial charge in [-0.1, -0.05) is 24.3 Å². The van der Waals surface area contributed by atoms with Gasteiger partial charge in [0.05, 0.1) is 5.44 Å². The molecule has 1 unspecified atom stereocenters. The fraction of sp³-hybridized carbons (Fsp3) is 0.200. The van der Waals surface area contributed by atoms with Crippen LogP contribution >= 0.6 is 0 Å². The van der Waals surface area contributed by atoms with E-state index in [0.29, 0.717) is 17.7 Å². The van der Waals surface area contributed by atoms with Crippen LogP contribution in [0.4, 0.5) is 5.69 Å². The molecule has 1 aliphatic rings. The highest BCUT2D eigenvalue weighted by molar-refractivity contribution is 6.46. The van der Waals surface area contributed by atoms with Crippen LogP contribution in [0.5, 0.6) is 0 Å². The lowest BCUT2D eigenvalue weighted by molar-refractivity contribution is 0.342. The van der Waals surface area contributed by atoms with Crippen LogP contribution < -0.4 is 11.5 Å². The highest BCUT2D eigenvalue weighted by atomic mass is 16.4. The Labute approximate surface area is 88.4 Å². The number of rotatable bonds is 1. The quantitative estimate of drug-likeness (QED) is 0.378. The van der Waals surface area contributed by atoms with Crippen molar-refractivity contribution in [3.63, 3.8) is 0 Å². The van der Waals surface area contributed by atoms with Crippen LogP contribution in [0.15, 0.2) is 24.3 Å². The van der Waals surface area contributed by atoms with Crippen LogP contribution in [-0.4, -0.2) is 17.2 Å². The lowest BCUT2D eigenvalue weighted by Crippen LogP contribution is -2.52. The minimum Gasteiger partial charge on any atom is -0.426 e. The average Bonchev–Trinajstić information content (AvgIpc) is 2.17. The Balaban J connectivity index is 2.65. The van der Waals surface area contributed by atoms with Gasteiger partial charge in [-0.2, -0.15) is 0 Å². The highest BCUT2D eigenvalue weighted by Gasteiger charge is 2.42. The predicted octanol–water partition coefficient (Wildman–Crippen LogP) is -0.148. The van der Waals surface area contributed by atoms with E-state index in [0.717, 1.165) is 5.56 Å². The SMILES string of the molecule is Nc1cccc2c1C(N)(B(O)O)CC=C2. The third-order valence-corrected chi connectivity index (χ3v) is 2.81. The number of benzene rings is 1.